The van der Waals surface area contributed by atoms with Crippen molar-refractivity contribution >= 4 is 18.1 Å². The number of hydrogen-bond donors (Lipinski definition) is 1. The van der Waals surface area contributed by atoms with Crippen LogP contribution in [0.1, 0.15) is 37.3 Å². The van der Waals surface area contributed by atoms with Gasteiger partial charge in [-0.3, -0.25) is 4.79 Å². The molecule has 144 valence electrons. The van der Waals surface area contributed by atoms with E-state index in [2.05, 4.69) is 22.2 Å². The van der Waals surface area contributed by atoms with Gasteiger partial charge in [-0.25, -0.2) is 4.79 Å². The highest BCUT2D eigenvalue weighted by Crippen LogP contribution is 2.44. The monoisotopic (exact) mass is 377 g/mol. The standard InChI is InChI=1S/C22H23N3O3/c1-14(2)11-20(21(26)12-24-23)25-22(27)28-13-19-17-9-5-3-7-15(17)16-8-4-6-10-18(16)19/h3-10,12,14,19-20H,11,13H2,1-2H3,(H,25,27)/t20-/m1/s1. The zero-order chi connectivity index (χ0) is 20.1. The molecular weight excluding hydrogens is 354 g/mol. The van der Waals surface area contributed by atoms with Crippen LogP contribution in [0.5, 0.6) is 0 Å². The fourth-order valence-corrected chi connectivity index (χ4v) is 3.65. The molecule has 6 nitrogen and oxygen atoms in total. The number of carbonyl (C=O) groups excluding carboxylic acids is 2. The van der Waals surface area contributed by atoms with Crippen molar-refractivity contribution in [3.8, 4) is 11.1 Å². The Morgan fingerprint density at radius 1 is 1.11 bits per heavy atom. The van der Waals surface area contributed by atoms with E-state index in [4.69, 9.17) is 10.3 Å². The number of carbonyl (C=O) groups is 2. The Morgan fingerprint density at radius 2 is 1.68 bits per heavy atom. The van der Waals surface area contributed by atoms with Gasteiger partial charge in [0.15, 0.2) is 0 Å². The molecule has 0 aliphatic heterocycles. The highest BCUT2D eigenvalue weighted by Gasteiger charge is 2.30. The Morgan fingerprint density at radius 3 is 2.21 bits per heavy atom. The van der Waals surface area contributed by atoms with E-state index < -0.39 is 17.9 Å². The van der Waals surface area contributed by atoms with Gasteiger partial charge in [0.05, 0.1) is 0 Å². The maximum Gasteiger partial charge on any atom is 0.407 e. The number of alkyl carbamates (subject to hydrolysis) is 1. The molecule has 0 saturated carbocycles. The van der Waals surface area contributed by atoms with Crippen molar-refractivity contribution in [3.05, 3.63) is 65.2 Å². The zero-order valence-electron chi connectivity index (χ0n) is 16.0. The number of hydrogen-bond acceptors (Lipinski definition) is 3. The molecule has 0 aromatic heterocycles. The molecule has 2 aromatic rings. The molecule has 0 saturated heterocycles. The molecule has 1 aliphatic carbocycles. The summed E-state index contributed by atoms with van der Waals surface area (Å²) in [6.45, 7) is 4.06. The van der Waals surface area contributed by atoms with Gasteiger partial charge < -0.3 is 15.6 Å². The summed E-state index contributed by atoms with van der Waals surface area (Å²) in [7, 11) is 0. The first-order valence-electron chi connectivity index (χ1n) is 9.34. The maximum absolute atomic E-state index is 12.3. The fourth-order valence-electron chi connectivity index (χ4n) is 3.65. The number of benzene rings is 2. The highest BCUT2D eigenvalue weighted by molar-refractivity contribution is 6.28. The molecule has 1 atom stereocenters. The van der Waals surface area contributed by atoms with E-state index in [1.165, 1.54) is 0 Å². The number of amides is 1. The maximum atomic E-state index is 12.3. The lowest BCUT2D eigenvalue weighted by Gasteiger charge is -2.18. The molecule has 2 aromatic carbocycles. The summed E-state index contributed by atoms with van der Waals surface area (Å²) < 4.78 is 5.47. The third kappa shape index (κ3) is 4.18. The smallest absolute Gasteiger partial charge is 0.407 e. The SMILES string of the molecule is CC(C)C[C@@H](NC(=O)OCC1c2ccccc2-c2ccccc21)C(=O)C=[N+]=[N-]. The highest BCUT2D eigenvalue weighted by atomic mass is 16.5. The fraction of sp³-hybridized carbons (Fsp3) is 0.318. The van der Waals surface area contributed by atoms with Crippen LogP contribution in [-0.4, -0.2) is 35.5 Å². The second-order valence-electron chi connectivity index (χ2n) is 7.30. The third-order valence-electron chi connectivity index (χ3n) is 4.87. The van der Waals surface area contributed by atoms with Crippen molar-refractivity contribution in [2.75, 3.05) is 6.61 Å². The van der Waals surface area contributed by atoms with Gasteiger partial charge >= 0.3 is 12.3 Å². The molecule has 0 spiro atoms. The molecule has 1 N–H and O–H groups in total. The lowest BCUT2D eigenvalue weighted by molar-refractivity contribution is -0.118. The summed E-state index contributed by atoms with van der Waals surface area (Å²) in [4.78, 5) is 27.1. The van der Waals surface area contributed by atoms with E-state index in [-0.39, 0.29) is 18.4 Å². The van der Waals surface area contributed by atoms with Crippen molar-refractivity contribution in [1.29, 1.82) is 0 Å². The van der Waals surface area contributed by atoms with E-state index in [1.807, 2.05) is 50.2 Å². The van der Waals surface area contributed by atoms with Crippen molar-refractivity contribution in [3.63, 3.8) is 0 Å². The zero-order valence-corrected chi connectivity index (χ0v) is 16.0. The molecule has 1 amide bonds. The Labute approximate surface area is 164 Å². The van der Waals surface area contributed by atoms with Crippen LogP contribution in [0.2, 0.25) is 0 Å². The molecule has 3 rings (SSSR count). The van der Waals surface area contributed by atoms with E-state index in [9.17, 15) is 9.59 Å². The number of rotatable bonds is 7. The number of nitrogens with zero attached hydrogens (tertiary/aromatic N) is 2. The molecule has 0 bridgehead atoms. The first-order chi connectivity index (χ1) is 13.5. The number of nitrogens with one attached hydrogen (secondary N) is 1. The van der Waals surface area contributed by atoms with E-state index in [0.29, 0.717) is 6.42 Å². The molecule has 1 aliphatic rings. The topological polar surface area (TPSA) is 91.8 Å². The van der Waals surface area contributed by atoms with E-state index in [0.717, 1.165) is 28.5 Å². The summed E-state index contributed by atoms with van der Waals surface area (Å²) in [5, 5.41) is 2.59. The lowest BCUT2D eigenvalue weighted by atomic mass is 9.98. The lowest BCUT2D eigenvalue weighted by Crippen LogP contribution is -2.43. The summed E-state index contributed by atoms with van der Waals surface area (Å²) in [5.74, 6) is -0.337. The molecule has 6 heteroatoms. The minimum atomic E-state index is -0.786. The van der Waals surface area contributed by atoms with Crippen molar-refractivity contribution < 1.29 is 19.1 Å². The Hall–Kier alpha value is -3.24. The van der Waals surface area contributed by atoms with Crippen LogP contribution < -0.4 is 5.32 Å². The minimum Gasteiger partial charge on any atom is -0.449 e. The van der Waals surface area contributed by atoms with Crippen molar-refractivity contribution in [2.24, 2.45) is 5.92 Å². The largest absolute Gasteiger partial charge is 0.449 e. The van der Waals surface area contributed by atoms with Crippen LogP contribution in [0.25, 0.3) is 16.7 Å². The predicted molar refractivity (Wildman–Crippen MR) is 106 cm³/mol. The van der Waals surface area contributed by atoms with Crippen LogP contribution in [-0.2, 0) is 9.53 Å². The molecule has 0 radical (unpaired) electrons. The Bertz CT molecular complexity index is 887. The van der Waals surface area contributed by atoms with Crippen LogP contribution in [0, 0.1) is 5.92 Å². The summed E-state index contributed by atoms with van der Waals surface area (Å²) in [6.07, 6.45) is 0.568. The van der Waals surface area contributed by atoms with Crippen LogP contribution in [0.3, 0.4) is 0 Å². The summed E-state index contributed by atoms with van der Waals surface area (Å²) >= 11 is 0. The van der Waals surface area contributed by atoms with Gasteiger partial charge in [-0.2, -0.15) is 4.79 Å². The van der Waals surface area contributed by atoms with E-state index >= 15 is 0 Å². The molecule has 0 fully saturated rings. The summed E-state index contributed by atoms with van der Waals surface area (Å²) in [6, 6.07) is 15.4. The number of ether oxygens (including phenoxy) is 1. The minimum absolute atomic E-state index is 0.0450. The first-order valence-corrected chi connectivity index (χ1v) is 9.34. The summed E-state index contributed by atoms with van der Waals surface area (Å²) in [5.41, 5.74) is 13.1. The van der Waals surface area contributed by atoms with Crippen molar-refractivity contribution in [1.82, 2.24) is 5.32 Å². The molecule has 0 unspecified atom stereocenters. The predicted octanol–water partition coefficient (Wildman–Crippen LogP) is 3.81. The van der Waals surface area contributed by atoms with Crippen LogP contribution in [0.15, 0.2) is 48.5 Å². The Balaban J connectivity index is 1.70. The van der Waals surface area contributed by atoms with Gasteiger partial charge in [0.25, 0.3) is 5.78 Å². The van der Waals surface area contributed by atoms with Crippen LogP contribution >= 0.6 is 0 Å². The number of Topliss-reactive ketones (excluding diaryl/α,β-unsaturated/α-hetero) is 1. The average Bonchev–Trinajstić information content (AvgIpc) is 3.00. The third-order valence-corrected chi connectivity index (χ3v) is 4.87. The Kier molecular flexibility index (Phi) is 6.02. The number of ketones is 1. The molecule has 0 heterocycles. The molecule has 28 heavy (non-hydrogen) atoms. The van der Waals surface area contributed by atoms with E-state index in [1.54, 1.807) is 0 Å². The van der Waals surface area contributed by atoms with Gasteiger partial charge in [-0.05, 0) is 34.6 Å². The van der Waals surface area contributed by atoms with Gasteiger partial charge in [0.1, 0.15) is 12.6 Å². The van der Waals surface area contributed by atoms with Gasteiger partial charge in [-0.1, -0.05) is 62.4 Å². The van der Waals surface area contributed by atoms with Crippen molar-refractivity contribution in [2.45, 2.75) is 32.2 Å². The second kappa shape index (κ2) is 8.63. The number of fused-ring (bicyclic) bond motifs is 3. The second-order valence-corrected chi connectivity index (χ2v) is 7.30. The first kappa shape index (κ1) is 19.5. The normalized spacial score (nSPS) is 13.2. The quantitative estimate of drug-likeness (QED) is 0.452. The van der Waals surface area contributed by atoms with Gasteiger partial charge in [0.2, 0.25) is 0 Å². The van der Waals surface area contributed by atoms with Gasteiger partial charge in [0, 0.05) is 5.92 Å². The molecular formula is C22H23N3O3. The van der Waals surface area contributed by atoms with Crippen LogP contribution in [0.4, 0.5) is 4.79 Å². The van der Waals surface area contributed by atoms with Gasteiger partial charge in [-0.15, -0.1) is 0 Å². The average molecular weight is 377 g/mol.